The molecule has 3 rings (SSSR count). The van der Waals surface area contributed by atoms with Gasteiger partial charge < -0.3 is 9.32 Å². The second kappa shape index (κ2) is 5.44. The Balaban J connectivity index is 1.71. The Labute approximate surface area is 120 Å². The van der Waals surface area contributed by atoms with Gasteiger partial charge in [0.2, 0.25) is 5.91 Å². The Hall–Kier alpha value is -1.55. The van der Waals surface area contributed by atoms with E-state index in [0.29, 0.717) is 25.0 Å². The molecule has 3 heterocycles. The highest BCUT2D eigenvalue weighted by Crippen LogP contribution is 2.32. The highest BCUT2D eigenvalue weighted by Gasteiger charge is 2.42. The fourth-order valence-electron chi connectivity index (χ4n) is 3.58. The van der Waals surface area contributed by atoms with Crippen LogP contribution in [0.4, 0.5) is 0 Å². The molecule has 1 aromatic rings. The van der Waals surface area contributed by atoms with Crippen LogP contribution in [-0.2, 0) is 11.3 Å². The van der Waals surface area contributed by atoms with Gasteiger partial charge in [-0.15, -0.1) is 6.58 Å². The van der Waals surface area contributed by atoms with Crippen molar-refractivity contribution in [3.05, 3.63) is 36.3 Å². The molecule has 0 aromatic carbocycles. The van der Waals surface area contributed by atoms with Gasteiger partial charge in [-0.3, -0.25) is 9.69 Å². The number of aryl methyl sites for hydroxylation is 1. The van der Waals surface area contributed by atoms with Crippen molar-refractivity contribution in [3.8, 4) is 0 Å². The molecule has 2 fully saturated rings. The predicted octanol–water partition coefficient (Wildman–Crippen LogP) is 2.34. The Morgan fingerprint density at radius 1 is 1.40 bits per heavy atom. The van der Waals surface area contributed by atoms with Crippen molar-refractivity contribution in [1.82, 2.24) is 9.80 Å². The molecule has 2 aliphatic rings. The molecule has 0 bridgehead atoms. The van der Waals surface area contributed by atoms with Gasteiger partial charge in [-0.1, -0.05) is 6.08 Å². The monoisotopic (exact) mass is 274 g/mol. The molecule has 2 saturated heterocycles. The fourth-order valence-corrected chi connectivity index (χ4v) is 3.58. The summed E-state index contributed by atoms with van der Waals surface area (Å²) in [6, 6.07) is 4.89. The van der Waals surface area contributed by atoms with Crippen molar-refractivity contribution in [2.45, 2.75) is 44.8 Å². The van der Waals surface area contributed by atoms with E-state index < -0.39 is 0 Å². The topological polar surface area (TPSA) is 36.7 Å². The van der Waals surface area contributed by atoms with Crippen molar-refractivity contribution < 1.29 is 9.21 Å². The van der Waals surface area contributed by atoms with Crippen LogP contribution in [0, 0.1) is 6.92 Å². The minimum Gasteiger partial charge on any atom is -0.465 e. The maximum absolute atomic E-state index is 12.0. The van der Waals surface area contributed by atoms with Crippen LogP contribution in [0.2, 0.25) is 0 Å². The number of carbonyl (C=O) groups excluding carboxylic acids is 1. The van der Waals surface area contributed by atoms with Crippen LogP contribution in [0.15, 0.2) is 29.2 Å². The van der Waals surface area contributed by atoms with E-state index in [4.69, 9.17) is 4.42 Å². The highest BCUT2D eigenvalue weighted by molar-refractivity contribution is 5.78. The van der Waals surface area contributed by atoms with Gasteiger partial charge in [0.1, 0.15) is 11.5 Å². The number of hydrogen-bond acceptors (Lipinski definition) is 3. The summed E-state index contributed by atoms with van der Waals surface area (Å²) in [6.07, 6.45) is 4.52. The molecule has 1 amide bonds. The second-order valence-corrected chi connectivity index (χ2v) is 5.78. The summed E-state index contributed by atoms with van der Waals surface area (Å²) in [5, 5.41) is 0. The number of piperidine rings is 1. The van der Waals surface area contributed by atoms with Gasteiger partial charge in [-0.25, -0.2) is 0 Å². The molecule has 108 valence electrons. The second-order valence-electron chi connectivity index (χ2n) is 5.78. The van der Waals surface area contributed by atoms with Crippen molar-refractivity contribution in [1.29, 1.82) is 0 Å². The van der Waals surface area contributed by atoms with Gasteiger partial charge in [0.15, 0.2) is 0 Å². The van der Waals surface area contributed by atoms with E-state index in [0.717, 1.165) is 37.5 Å². The number of nitrogens with zero attached hydrogens (tertiary/aromatic N) is 2. The van der Waals surface area contributed by atoms with E-state index >= 15 is 0 Å². The number of rotatable bonds is 4. The molecule has 20 heavy (non-hydrogen) atoms. The standard InChI is InChI=1S/C16H22N2O2/c1-3-9-18-15-8-10-17(14(15)6-7-16(18)19)11-13-5-4-12(2)20-13/h3-5,14-15H,1,6-11H2,2H3/t14-,15-/m1/s1. The largest absolute Gasteiger partial charge is 0.465 e. The summed E-state index contributed by atoms with van der Waals surface area (Å²) in [4.78, 5) is 16.5. The highest BCUT2D eigenvalue weighted by atomic mass is 16.3. The van der Waals surface area contributed by atoms with Crippen LogP contribution < -0.4 is 0 Å². The number of carbonyl (C=O) groups is 1. The van der Waals surface area contributed by atoms with E-state index in [1.165, 1.54) is 0 Å². The van der Waals surface area contributed by atoms with E-state index in [-0.39, 0.29) is 5.91 Å². The molecule has 0 saturated carbocycles. The quantitative estimate of drug-likeness (QED) is 0.791. The molecule has 0 aliphatic carbocycles. The average Bonchev–Trinajstić information content (AvgIpc) is 3.01. The number of fused-ring (bicyclic) bond motifs is 1. The Morgan fingerprint density at radius 2 is 2.25 bits per heavy atom. The van der Waals surface area contributed by atoms with Crippen LogP contribution in [0.25, 0.3) is 0 Å². The first-order valence-electron chi connectivity index (χ1n) is 7.39. The van der Waals surface area contributed by atoms with Crippen molar-refractivity contribution >= 4 is 5.91 Å². The van der Waals surface area contributed by atoms with Gasteiger partial charge in [0.05, 0.1) is 6.54 Å². The smallest absolute Gasteiger partial charge is 0.223 e. The van der Waals surface area contributed by atoms with Crippen molar-refractivity contribution in [2.24, 2.45) is 0 Å². The summed E-state index contributed by atoms with van der Waals surface area (Å²) >= 11 is 0. The van der Waals surface area contributed by atoms with Crippen LogP contribution in [0.5, 0.6) is 0 Å². The Bertz CT molecular complexity index is 508. The molecule has 0 N–H and O–H groups in total. The molecule has 0 spiro atoms. The molecular formula is C16H22N2O2. The zero-order valence-electron chi connectivity index (χ0n) is 12.0. The zero-order chi connectivity index (χ0) is 14.1. The molecule has 2 aliphatic heterocycles. The molecular weight excluding hydrogens is 252 g/mol. The lowest BCUT2D eigenvalue weighted by Crippen LogP contribution is -2.52. The minimum absolute atomic E-state index is 0.279. The first kappa shape index (κ1) is 13.4. The average molecular weight is 274 g/mol. The molecule has 4 nitrogen and oxygen atoms in total. The first-order valence-corrected chi connectivity index (χ1v) is 7.39. The molecule has 4 heteroatoms. The van der Waals surface area contributed by atoms with E-state index in [2.05, 4.69) is 17.5 Å². The van der Waals surface area contributed by atoms with Crippen LogP contribution in [-0.4, -0.2) is 40.9 Å². The van der Waals surface area contributed by atoms with Crippen LogP contribution in [0.1, 0.15) is 30.8 Å². The predicted molar refractivity (Wildman–Crippen MR) is 77.2 cm³/mol. The molecule has 0 unspecified atom stereocenters. The Morgan fingerprint density at radius 3 is 2.95 bits per heavy atom. The number of likely N-dealkylation sites (tertiary alicyclic amines) is 2. The molecule has 0 radical (unpaired) electrons. The van der Waals surface area contributed by atoms with Crippen molar-refractivity contribution in [3.63, 3.8) is 0 Å². The summed E-state index contributed by atoms with van der Waals surface area (Å²) in [6.45, 7) is 8.31. The van der Waals surface area contributed by atoms with E-state index in [1.807, 2.05) is 24.0 Å². The zero-order valence-corrected chi connectivity index (χ0v) is 12.0. The van der Waals surface area contributed by atoms with Gasteiger partial charge in [0, 0.05) is 31.6 Å². The summed E-state index contributed by atoms with van der Waals surface area (Å²) in [7, 11) is 0. The van der Waals surface area contributed by atoms with Gasteiger partial charge >= 0.3 is 0 Å². The third-order valence-corrected chi connectivity index (χ3v) is 4.48. The normalized spacial score (nSPS) is 26.9. The van der Waals surface area contributed by atoms with Crippen LogP contribution in [0.3, 0.4) is 0 Å². The SMILES string of the molecule is C=CCN1C(=O)CC[C@@H]2[C@H]1CCN2Cc1ccc(C)o1. The summed E-state index contributed by atoms with van der Waals surface area (Å²) in [5.41, 5.74) is 0. The molecule has 2 atom stereocenters. The van der Waals surface area contributed by atoms with Crippen molar-refractivity contribution in [2.75, 3.05) is 13.1 Å². The van der Waals surface area contributed by atoms with E-state index in [1.54, 1.807) is 0 Å². The summed E-state index contributed by atoms with van der Waals surface area (Å²) < 4.78 is 5.68. The van der Waals surface area contributed by atoms with Gasteiger partial charge in [-0.05, 0) is 31.9 Å². The lowest BCUT2D eigenvalue weighted by Gasteiger charge is -2.39. The minimum atomic E-state index is 0.279. The van der Waals surface area contributed by atoms with Crippen LogP contribution >= 0.6 is 0 Å². The number of amides is 1. The lowest BCUT2D eigenvalue weighted by molar-refractivity contribution is -0.136. The lowest BCUT2D eigenvalue weighted by atomic mass is 9.96. The number of furan rings is 1. The maximum atomic E-state index is 12.0. The number of hydrogen-bond donors (Lipinski definition) is 0. The van der Waals surface area contributed by atoms with Gasteiger partial charge in [0.25, 0.3) is 0 Å². The van der Waals surface area contributed by atoms with E-state index in [9.17, 15) is 4.79 Å². The third kappa shape index (κ3) is 2.40. The Kier molecular flexibility index (Phi) is 3.66. The van der Waals surface area contributed by atoms with Gasteiger partial charge in [-0.2, -0.15) is 0 Å². The molecule has 1 aromatic heterocycles. The maximum Gasteiger partial charge on any atom is 0.223 e. The fraction of sp³-hybridized carbons (Fsp3) is 0.562. The summed E-state index contributed by atoms with van der Waals surface area (Å²) in [5.74, 6) is 2.26. The third-order valence-electron chi connectivity index (χ3n) is 4.48. The first-order chi connectivity index (χ1) is 9.69.